The number of ether oxygens (including phenoxy) is 2. The Morgan fingerprint density at radius 3 is 2.75 bits per heavy atom. The van der Waals surface area contributed by atoms with Crippen molar-refractivity contribution >= 4 is 22.1 Å². The average Bonchev–Trinajstić information content (AvgIpc) is 3.21. The summed E-state index contributed by atoms with van der Waals surface area (Å²) in [7, 11) is 3.41. The van der Waals surface area contributed by atoms with E-state index in [1.807, 2.05) is 23.9 Å². The molecule has 128 valence electrons. The van der Waals surface area contributed by atoms with Gasteiger partial charge in [-0.2, -0.15) is 0 Å². The van der Waals surface area contributed by atoms with E-state index < -0.39 is 24.5 Å². The lowest BCUT2D eigenvalue weighted by molar-refractivity contribution is -0.0489. The van der Waals surface area contributed by atoms with E-state index in [0.29, 0.717) is 16.9 Å². The third-order valence-corrected chi connectivity index (χ3v) is 4.53. The first-order valence-electron chi connectivity index (χ1n) is 7.54. The molecule has 1 aliphatic heterocycles. The molecule has 0 saturated carbocycles. The minimum absolute atomic E-state index is 0.385. The lowest BCUT2D eigenvalue weighted by Crippen LogP contribution is -2.33. The van der Waals surface area contributed by atoms with E-state index in [4.69, 9.17) is 9.47 Å². The van der Waals surface area contributed by atoms with Gasteiger partial charge in [0.05, 0.1) is 24.8 Å². The van der Waals surface area contributed by atoms with Crippen LogP contribution >= 0.6 is 0 Å². The first-order valence-corrected chi connectivity index (χ1v) is 7.54. The van der Waals surface area contributed by atoms with Crippen LogP contribution in [-0.4, -0.2) is 66.5 Å². The standard InChI is InChI=1S/C15H18N4O5/c1-18-4-3-7-10(18)9-13(16-6-17-14(9)23-2)19(7)15-12(22)11(21)8(5-20)24-15/h3-4,6,8,11-12,15,20-22H,5H2,1-2H3/t8-,11-,12-,15-/m1/s1. The Morgan fingerprint density at radius 2 is 2.08 bits per heavy atom. The second-order valence-electron chi connectivity index (χ2n) is 5.84. The van der Waals surface area contributed by atoms with Gasteiger partial charge >= 0.3 is 0 Å². The lowest BCUT2D eigenvalue weighted by Gasteiger charge is -2.18. The molecule has 3 aromatic heterocycles. The summed E-state index contributed by atoms with van der Waals surface area (Å²) in [6.07, 6.45) is -0.863. The maximum absolute atomic E-state index is 10.4. The highest BCUT2D eigenvalue weighted by atomic mass is 16.6. The highest BCUT2D eigenvalue weighted by molar-refractivity contribution is 6.07. The molecule has 3 N–H and O–H groups in total. The summed E-state index contributed by atoms with van der Waals surface area (Å²) in [5, 5.41) is 30.5. The number of hydrogen-bond acceptors (Lipinski definition) is 7. The maximum Gasteiger partial charge on any atom is 0.228 e. The van der Waals surface area contributed by atoms with Crippen LogP contribution in [0.1, 0.15) is 6.23 Å². The van der Waals surface area contributed by atoms with Crippen LogP contribution in [0.4, 0.5) is 0 Å². The van der Waals surface area contributed by atoms with E-state index in [0.717, 1.165) is 11.0 Å². The molecule has 4 heterocycles. The fourth-order valence-corrected chi connectivity index (χ4v) is 3.39. The van der Waals surface area contributed by atoms with Crippen LogP contribution < -0.4 is 4.74 Å². The fourth-order valence-electron chi connectivity index (χ4n) is 3.39. The molecule has 3 aromatic rings. The van der Waals surface area contributed by atoms with E-state index in [1.165, 1.54) is 13.4 Å². The minimum atomic E-state index is -1.19. The lowest BCUT2D eigenvalue weighted by atomic mass is 10.1. The molecule has 24 heavy (non-hydrogen) atoms. The Bertz CT molecular complexity index is 904. The van der Waals surface area contributed by atoms with Crippen molar-refractivity contribution in [3.05, 3.63) is 18.6 Å². The fraction of sp³-hybridized carbons (Fsp3) is 0.467. The number of aryl methyl sites for hydroxylation is 1. The SMILES string of the molecule is COc1ncnc2c1c1c(ccn1C)n2[C@@H]1O[C@H](CO)[C@@H](O)[C@H]1O. The van der Waals surface area contributed by atoms with Gasteiger partial charge in [-0.15, -0.1) is 0 Å². The van der Waals surface area contributed by atoms with Crippen LogP contribution in [-0.2, 0) is 11.8 Å². The molecule has 9 nitrogen and oxygen atoms in total. The molecule has 9 heteroatoms. The van der Waals surface area contributed by atoms with Gasteiger partial charge in [-0.3, -0.25) is 4.57 Å². The van der Waals surface area contributed by atoms with Crippen molar-refractivity contribution in [3.8, 4) is 5.88 Å². The van der Waals surface area contributed by atoms with Crippen LogP contribution in [0.2, 0.25) is 0 Å². The highest BCUT2D eigenvalue weighted by Crippen LogP contribution is 2.39. The van der Waals surface area contributed by atoms with Gasteiger partial charge in [0.2, 0.25) is 5.88 Å². The molecule has 4 atom stereocenters. The first kappa shape index (κ1) is 15.3. The van der Waals surface area contributed by atoms with E-state index in [-0.39, 0.29) is 6.61 Å². The number of aliphatic hydroxyl groups is 3. The first-order chi connectivity index (χ1) is 11.6. The normalized spacial score (nSPS) is 27.4. The topological polar surface area (TPSA) is 115 Å². The summed E-state index contributed by atoms with van der Waals surface area (Å²) >= 11 is 0. The zero-order valence-corrected chi connectivity index (χ0v) is 13.2. The molecule has 0 unspecified atom stereocenters. The van der Waals surface area contributed by atoms with Gasteiger partial charge in [-0.05, 0) is 6.07 Å². The van der Waals surface area contributed by atoms with Crippen molar-refractivity contribution < 1.29 is 24.8 Å². The van der Waals surface area contributed by atoms with Crippen LogP contribution in [0.15, 0.2) is 18.6 Å². The number of aromatic nitrogens is 4. The number of fused-ring (bicyclic) bond motifs is 3. The predicted octanol–water partition coefficient (Wildman–Crippen LogP) is -0.457. The van der Waals surface area contributed by atoms with Crippen molar-refractivity contribution in [1.29, 1.82) is 0 Å². The molecular formula is C15H18N4O5. The van der Waals surface area contributed by atoms with E-state index >= 15 is 0 Å². The molecule has 0 spiro atoms. The van der Waals surface area contributed by atoms with Gasteiger partial charge in [-0.1, -0.05) is 0 Å². The Labute approximate surface area is 136 Å². The zero-order chi connectivity index (χ0) is 17.0. The molecule has 0 amide bonds. The van der Waals surface area contributed by atoms with Gasteiger partial charge in [0.15, 0.2) is 11.9 Å². The van der Waals surface area contributed by atoms with Gasteiger partial charge in [0.1, 0.15) is 30.0 Å². The van der Waals surface area contributed by atoms with Gasteiger partial charge < -0.3 is 29.4 Å². The van der Waals surface area contributed by atoms with Gasteiger partial charge in [-0.25, -0.2) is 9.97 Å². The molecule has 1 fully saturated rings. The van der Waals surface area contributed by atoms with E-state index in [9.17, 15) is 15.3 Å². The minimum Gasteiger partial charge on any atom is -0.480 e. The Hall–Kier alpha value is -2.20. The van der Waals surface area contributed by atoms with Crippen LogP contribution in [0.3, 0.4) is 0 Å². The molecule has 1 aliphatic rings. The van der Waals surface area contributed by atoms with Crippen molar-refractivity contribution in [2.45, 2.75) is 24.5 Å². The Kier molecular flexibility index (Phi) is 3.46. The molecule has 4 rings (SSSR count). The van der Waals surface area contributed by atoms with Crippen molar-refractivity contribution in [3.63, 3.8) is 0 Å². The quantitative estimate of drug-likeness (QED) is 0.594. The van der Waals surface area contributed by atoms with Crippen molar-refractivity contribution in [2.24, 2.45) is 7.05 Å². The monoisotopic (exact) mass is 334 g/mol. The molecule has 0 aliphatic carbocycles. The van der Waals surface area contributed by atoms with E-state index in [1.54, 1.807) is 4.57 Å². The molecule has 0 radical (unpaired) electrons. The number of methoxy groups -OCH3 is 1. The van der Waals surface area contributed by atoms with Gasteiger partial charge in [0, 0.05) is 13.2 Å². The van der Waals surface area contributed by atoms with Crippen LogP contribution in [0.25, 0.3) is 22.1 Å². The largest absolute Gasteiger partial charge is 0.480 e. The summed E-state index contributed by atoms with van der Waals surface area (Å²) in [6, 6.07) is 1.87. The second-order valence-corrected chi connectivity index (χ2v) is 5.84. The zero-order valence-electron chi connectivity index (χ0n) is 13.2. The predicted molar refractivity (Wildman–Crippen MR) is 83.6 cm³/mol. The smallest absolute Gasteiger partial charge is 0.228 e. The average molecular weight is 334 g/mol. The van der Waals surface area contributed by atoms with Crippen LogP contribution in [0, 0.1) is 0 Å². The Morgan fingerprint density at radius 1 is 1.29 bits per heavy atom. The van der Waals surface area contributed by atoms with Crippen molar-refractivity contribution in [2.75, 3.05) is 13.7 Å². The summed E-state index contributed by atoms with van der Waals surface area (Å²) in [5.74, 6) is 0.414. The van der Waals surface area contributed by atoms with Gasteiger partial charge in [0.25, 0.3) is 0 Å². The third kappa shape index (κ3) is 1.89. The summed E-state index contributed by atoms with van der Waals surface area (Å²) in [5.41, 5.74) is 2.12. The molecular weight excluding hydrogens is 316 g/mol. The number of hydrogen-bond donors (Lipinski definition) is 3. The maximum atomic E-state index is 10.4. The second kappa shape index (κ2) is 5.42. The molecule has 0 bridgehead atoms. The van der Waals surface area contributed by atoms with E-state index in [2.05, 4.69) is 9.97 Å². The van der Waals surface area contributed by atoms with Crippen LogP contribution in [0.5, 0.6) is 5.88 Å². The summed E-state index contributed by atoms with van der Waals surface area (Å²) in [6.45, 7) is -0.385. The molecule has 0 aromatic carbocycles. The molecule has 1 saturated heterocycles. The number of aliphatic hydroxyl groups excluding tert-OH is 3. The number of nitrogens with zero attached hydrogens (tertiary/aromatic N) is 4. The summed E-state index contributed by atoms with van der Waals surface area (Å²) < 4.78 is 14.6. The third-order valence-electron chi connectivity index (χ3n) is 4.53. The summed E-state index contributed by atoms with van der Waals surface area (Å²) in [4.78, 5) is 8.47. The Balaban J connectivity index is 2.01. The van der Waals surface area contributed by atoms with Crippen molar-refractivity contribution in [1.82, 2.24) is 19.1 Å². The number of rotatable bonds is 3. The highest BCUT2D eigenvalue weighted by Gasteiger charge is 2.44.